The van der Waals surface area contributed by atoms with Crippen LogP contribution in [-0.4, -0.2) is 33.5 Å². The van der Waals surface area contributed by atoms with Crippen LogP contribution in [0.3, 0.4) is 0 Å². The Hall–Kier alpha value is -1.89. The fourth-order valence-corrected chi connectivity index (χ4v) is 2.64. The van der Waals surface area contributed by atoms with Crippen LogP contribution >= 0.6 is 0 Å². The van der Waals surface area contributed by atoms with Crippen molar-refractivity contribution < 1.29 is 19.2 Å². The molecule has 1 unspecified atom stereocenters. The van der Waals surface area contributed by atoms with Gasteiger partial charge < -0.3 is 9.52 Å². The topological polar surface area (TPSA) is 96.8 Å². The molecule has 1 N–H and O–H groups in total. The maximum absolute atomic E-state index is 10.7. The number of nitro groups is 1. The molecular weight excluding hydrogens is 264 g/mol. The standard InChI is InChI=1S/C13H18N2O5/c16-13(17)7-4-10-3-1-2-8-14(10)9-11-5-6-12(20-11)15(18)19/h5-6,10H,1-4,7-9H2,(H,16,17). The number of nitrogens with zero attached hydrogens (tertiary/aromatic N) is 2. The average Bonchev–Trinajstić information content (AvgIpc) is 2.86. The fourth-order valence-electron chi connectivity index (χ4n) is 2.64. The second-order valence-corrected chi connectivity index (χ2v) is 5.05. The van der Waals surface area contributed by atoms with Gasteiger partial charge in [-0.05, 0) is 31.9 Å². The summed E-state index contributed by atoms with van der Waals surface area (Å²) in [5, 5.41) is 19.4. The molecule has 0 aliphatic carbocycles. The molecule has 0 aromatic carbocycles. The van der Waals surface area contributed by atoms with E-state index in [2.05, 4.69) is 4.90 Å². The summed E-state index contributed by atoms with van der Waals surface area (Å²) in [5.41, 5.74) is 0. The Balaban J connectivity index is 1.96. The Labute approximate surface area is 116 Å². The average molecular weight is 282 g/mol. The van der Waals surface area contributed by atoms with E-state index in [4.69, 9.17) is 9.52 Å². The van der Waals surface area contributed by atoms with Gasteiger partial charge in [-0.2, -0.15) is 0 Å². The number of furan rings is 1. The van der Waals surface area contributed by atoms with Gasteiger partial charge in [-0.3, -0.25) is 19.8 Å². The molecule has 7 nitrogen and oxygen atoms in total. The molecular formula is C13H18N2O5. The van der Waals surface area contributed by atoms with Gasteiger partial charge in [0.1, 0.15) is 10.7 Å². The van der Waals surface area contributed by atoms with E-state index in [1.54, 1.807) is 6.07 Å². The van der Waals surface area contributed by atoms with Crippen LogP contribution in [0.15, 0.2) is 16.5 Å². The Morgan fingerprint density at radius 1 is 1.50 bits per heavy atom. The Morgan fingerprint density at radius 2 is 2.30 bits per heavy atom. The number of carbonyl (C=O) groups is 1. The maximum atomic E-state index is 10.7. The predicted molar refractivity (Wildman–Crippen MR) is 70.3 cm³/mol. The SMILES string of the molecule is O=C(O)CCC1CCCCN1Cc1ccc([N+](=O)[O-])o1. The molecule has 20 heavy (non-hydrogen) atoms. The summed E-state index contributed by atoms with van der Waals surface area (Å²) in [7, 11) is 0. The number of hydrogen-bond donors (Lipinski definition) is 1. The first-order valence-electron chi connectivity index (χ1n) is 6.75. The van der Waals surface area contributed by atoms with Crippen LogP contribution in [0.25, 0.3) is 0 Å². The minimum atomic E-state index is -0.788. The lowest BCUT2D eigenvalue weighted by molar-refractivity contribution is -0.402. The van der Waals surface area contributed by atoms with E-state index < -0.39 is 10.9 Å². The van der Waals surface area contributed by atoms with Crippen molar-refractivity contribution in [2.24, 2.45) is 0 Å². The van der Waals surface area contributed by atoms with E-state index in [9.17, 15) is 14.9 Å². The van der Waals surface area contributed by atoms with Gasteiger partial charge in [-0.25, -0.2) is 0 Å². The van der Waals surface area contributed by atoms with Crippen molar-refractivity contribution in [3.05, 3.63) is 28.0 Å². The zero-order chi connectivity index (χ0) is 14.5. The number of rotatable bonds is 6. The fraction of sp³-hybridized carbons (Fsp3) is 0.615. The van der Waals surface area contributed by atoms with Crippen LogP contribution in [-0.2, 0) is 11.3 Å². The van der Waals surface area contributed by atoms with Crippen molar-refractivity contribution in [3.8, 4) is 0 Å². The summed E-state index contributed by atoms with van der Waals surface area (Å²) in [6, 6.07) is 3.18. The molecule has 0 saturated carbocycles. The molecule has 110 valence electrons. The van der Waals surface area contributed by atoms with Crippen LogP contribution in [0.5, 0.6) is 0 Å². The normalized spacial score (nSPS) is 19.9. The molecule has 2 rings (SSSR count). The number of aliphatic carboxylic acids is 1. The number of likely N-dealkylation sites (tertiary alicyclic amines) is 1. The van der Waals surface area contributed by atoms with E-state index in [1.807, 2.05) is 0 Å². The monoisotopic (exact) mass is 282 g/mol. The smallest absolute Gasteiger partial charge is 0.433 e. The third-order valence-electron chi connectivity index (χ3n) is 3.63. The Kier molecular flexibility index (Phi) is 4.73. The Bertz CT molecular complexity index is 485. The summed E-state index contributed by atoms with van der Waals surface area (Å²) >= 11 is 0. The van der Waals surface area contributed by atoms with Crippen molar-refractivity contribution in [2.45, 2.75) is 44.7 Å². The highest BCUT2D eigenvalue weighted by Gasteiger charge is 2.24. The van der Waals surface area contributed by atoms with E-state index >= 15 is 0 Å². The lowest BCUT2D eigenvalue weighted by atomic mass is 9.98. The quantitative estimate of drug-likeness (QED) is 0.635. The first-order chi connectivity index (χ1) is 9.56. The van der Waals surface area contributed by atoms with Gasteiger partial charge in [0.15, 0.2) is 0 Å². The first-order valence-corrected chi connectivity index (χ1v) is 6.75. The molecule has 0 spiro atoms. The van der Waals surface area contributed by atoms with Crippen LogP contribution in [0.4, 0.5) is 5.88 Å². The van der Waals surface area contributed by atoms with E-state index in [0.717, 1.165) is 25.8 Å². The van der Waals surface area contributed by atoms with Crippen LogP contribution in [0.1, 0.15) is 37.9 Å². The molecule has 1 fully saturated rings. The van der Waals surface area contributed by atoms with Gasteiger partial charge in [0.2, 0.25) is 0 Å². The third kappa shape index (κ3) is 3.80. The molecule has 1 atom stereocenters. The molecule has 7 heteroatoms. The second-order valence-electron chi connectivity index (χ2n) is 5.05. The van der Waals surface area contributed by atoms with Crippen molar-refractivity contribution in [1.82, 2.24) is 4.90 Å². The van der Waals surface area contributed by atoms with Crippen molar-refractivity contribution in [1.29, 1.82) is 0 Å². The molecule has 1 aromatic heterocycles. The maximum Gasteiger partial charge on any atom is 0.433 e. The van der Waals surface area contributed by atoms with Gasteiger partial charge >= 0.3 is 11.9 Å². The Morgan fingerprint density at radius 3 is 2.95 bits per heavy atom. The predicted octanol–water partition coefficient (Wildman–Crippen LogP) is 2.41. The van der Waals surface area contributed by atoms with Crippen molar-refractivity contribution in [2.75, 3.05) is 6.54 Å². The number of carboxylic acids is 1. The molecule has 1 aliphatic heterocycles. The summed E-state index contributed by atoms with van der Waals surface area (Å²) in [6.45, 7) is 1.37. The van der Waals surface area contributed by atoms with Gasteiger partial charge in [0.25, 0.3) is 0 Å². The summed E-state index contributed by atoms with van der Waals surface area (Å²) in [6.07, 6.45) is 3.89. The second kappa shape index (κ2) is 6.51. The highest BCUT2D eigenvalue weighted by atomic mass is 16.6. The summed E-state index contributed by atoms with van der Waals surface area (Å²) < 4.78 is 5.16. The zero-order valence-corrected chi connectivity index (χ0v) is 11.2. The van der Waals surface area contributed by atoms with Gasteiger partial charge in [0.05, 0.1) is 12.6 Å². The lowest BCUT2D eigenvalue weighted by Gasteiger charge is -2.34. The zero-order valence-electron chi connectivity index (χ0n) is 11.2. The van der Waals surface area contributed by atoms with Gasteiger partial charge in [-0.15, -0.1) is 0 Å². The van der Waals surface area contributed by atoms with Crippen LogP contribution in [0.2, 0.25) is 0 Å². The highest BCUT2D eigenvalue weighted by molar-refractivity contribution is 5.66. The molecule has 1 aliphatic rings. The minimum Gasteiger partial charge on any atom is -0.481 e. The van der Waals surface area contributed by atoms with Gasteiger partial charge in [0, 0.05) is 12.5 Å². The molecule has 2 heterocycles. The number of piperidine rings is 1. The molecule has 0 radical (unpaired) electrons. The molecule has 0 bridgehead atoms. The van der Waals surface area contributed by atoms with Crippen molar-refractivity contribution in [3.63, 3.8) is 0 Å². The number of carboxylic acid groups (broad SMARTS) is 1. The first kappa shape index (κ1) is 14.5. The minimum absolute atomic E-state index is 0.152. The van der Waals surface area contributed by atoms with E-state index in [1.165, 1.54) is 6.07 Å². The highest BCUT2D eigenvalue weighted by Crippen LogP contribution is 2.25. The molecule has 1 saturated heterocycles. The van der Waals surface area contributed by atoms with Crippen LogP contribution < -0.4 is 0 Å². The van der Waals surface area contributed by atoms with E-state index in [-0.39, 0.29) is 18.3 Å². The number of hydrogen-bond acceptors (Lipinski definition) is 5. The summed E-state index contributed by atoms with van der Waals surface area (Å²) in [5.74, 6) is -0.484. The largest absolute Gasteiger partial charge is 0.481 e. The van der Waals surface area contributed by atoms with Crippen LogP contribution in [0, 0.1) is 10.1 Å². The van der Waals surface area contributed by atoms with Crippen molar-refractivity contribution >= 4 is 11.9 Å². The third-order valence-corrected chi connectivity index (χ3v) is 3.63. The van der Waals surface area contributed by atoms with E-state index in [0.29, 0.717) is 18.7 Å². The summed E-state index contributed by atoms with van der Waals surface area (Å²) in [4.78, 5) is 22.9. The molecule has 0 amide bonds. The van der Waals surface area contributed by atoms with Gasteiger partial charge in [-0.1, -0.05) is 6.42 Å². The lowest BCUT2D eigenvalue weighted by Crippen LogP contribution is -2.39. The molecule has 1 aromatic rings.